The molecule has 3 atom stereocenters. The van der Waals surface area contributed by atoms with Crippen LogP contribution in [0.15, 0.2) is 97.2 Å². The Morgan fingerprint density at radius 2 is 1.77 bits per heavy atom. The van der Waals surface area contributed by atoms with Gasteiger partial charge in [0.1, 0.15) is 5.82 Å². The first kappa shape index (κ1) is 23.4. The van der Waals surface area contributed by atoms with Crippen molar-refractivity contribution in [2.45, 2.75) is 18.3 Å². The molecule has 1 aliphatic carbocycles. The topological polar surface area (TPSA) is 42.5 Å². The smallest absolute Gasteiger partial charge is 0.253 e. The van der Waals surface area contributed by atoms with Gasteiger partial charge in [-0.05, 0) is 65.9 Å². The number of hydrogen-bond acceptors (Lipinski definition) is 2. The van der Waals surface area contributed by atoms with E-state index in [1.54, 1.807) is 36.4 Å². The van der Waals surface area contributed by atoms with Gasteiger partial charge in [-0.2, -0.15) is 5.10 Å². The summed E-state index contributed by atoms with van der Waals surface area (Å²) in [6.07, 6.45) is 1.87. The van der Waals surface area contributed by atoms with Crippen LogP contribution in [0.5, 0.6) is 0 Å². The normalized spacial score (nSPS) is 21.5. The number of rotatable bonds is 4. The average Bonchev–Trinajstić information content (AvgIpc) is 3.23. The SMILES string of the molecule is [C-]#[N+]c1ccc(C(=O)N2C[C@H]3[C@H](c4ccccc4)[C@@]3(c3cc4cnn(-c5ccc(F)cc5)c4cc3C)C2)cc1. The maximum Gasteiger partial charge on any atom is 0.253 e. The van der Waals surface area contributed by atoms with Crippen LogP contribution in [0, 0.1) is 25.2 Å². The van der Waals surface area contributed by atoms with Gasteiger partial charge in [-0.25, -0.2) is 13.9 Å². The van der Waals surface area contributed by atoms with E-state index in [0.29, 0.717) is 36.2 Å². The molecule has 2 heterocycles. The van der Waals surface area contributed by atoms with Gasteiger partial charge in [0.05, 0.1) is 24.0 Å². The Balaban J connectivity index is 1.29. The summed E-state index contributed by atoms with van der Waals surface area (Å²) in [5.41, 5.74) is 6.46. The van der Waals surface area contributed by atoms with Crippen molar-refractivity contribution >= 4 is 22.5 Å². The molecule has 4 aromatic carbocycles. The van der Waals surface area contributed by atoms with Crippen LogP contribution in [0.1, 0.15) is 33.0 Å². The van der Waals surface area contributed by atoms with Gasteiger partial charge >= 0.3 is 0 Å². The summed E-state index contributed by atoms with van der Waals surface area (Å²) in [5, 5.41) is 5.64. The van der Waals surface area contributed by atoms with Crippen LogP contribution >= 0.6 is 0 Å². The molecule has 0 unspecified atom stereocenters. The number of halogens is 1. The van der Waals surface area contributed by atoms with E-state index in [1.165, 1.54) is 23.3 Å². The quantitative estimate of drug-likeness (QED) is 0.248. The molecule has 0 spiro atoms. The predicted octanol–water partition coefficient (Wildman–Crippen LogP) is 6.83. The summed E-state index contributed by atoms with van der Waals surface area (Å²) in [6, 6.07) is 28.3. The molecular formula is C33H25FN4O. The van der Waals surface area contributed by atoms with Crippen molar-refractivity contribution in [2.75, 3.05) is 13.1 Å². The second kappa shape index (κ2) is 8.64. The number of fused-ring (bicyclic) bond motifs is 2. The summed E-state index contributed by atoms with van der Waals surface area (Å²) in [7, 11) is 0. The fraction of sp³-hybridized carbons (Fsp3) is 0.182. The van der Waals surface area contributed by atoms with Crippen LogP contribution in [-0.2, 0) is 5.41 Å². The van der Waals surface area contributed by atoms with Crippen molar-refractivity contribution in [3.8, 4) is 5.69 Å². The van der Waals surface area contributed by atoms with Crippen LogP contribution in [0.3, 0.4) is 0 Å². The number of hydrogen-bond donors (Lipinski definition) is 0. The number of aromatic nitrogens is 2. The van der Waals surface area contributed by atoms with Crippen LogP contribution < -0.4 is 0 Å². The van der Waals surface area contributed by atoms with E-state index in [1.807, 2.05) is 21.8 Å². The minimum absolute atomic E-state index is 0.00720. The maximum absolute atomic E-state index is 13.5. The van der Waals surface area contributed by atoms with E-state index in [-0.39, 0.29) is 17.1 Å². The van der Waals surface area contributed by atoms with Crippen molar-refractivity contribution in [2.24, 2.45) is 5.92 Å². The van der Waals surface area contributed by atoms with Gasteiger partial charge in [-0.1, -0.05) is 54.6 Å². The second-order valence-electron chi connectivity index (χ2n) is 10.6. The standard InChI is InChI=1S/C33H25FN4O/c1-21-16-30-24(18-36-38(30)27-14-10-25(34)11-15-27)17-28(21)33-20-37(32(39)23-8-12-26(35-2)13-9-23)19-29(33)31(33)22-6-4-3-5-7-22/h3-18,29,31H,19-20H2,1H3/t29-,31-,33+/m0/s1. The monoisotopic (exact) mass is 512 g/mol. The lowest BCUT2D eigenvalue weighted by molar-refractivity contribution is 0.0769. The lowest BCUT2D eigenvalue weighted by Crippen LogP contribution is -2.34. The van der Waals surface area contributed by atoms with Crippen molar-refractivity contribution in [1.29, 1.82) is 0 Å². The van der Waals surface area contributed by atoms with Crippen LogP contribution in [-0.4, -0.2) is 33.7 Å². The largest absolute Gasteiger partial charge is 0.337 e. The minimum atomic E-state index is -0.276. The van der Waals surface area contributed by atoms with E-state index in [2.05, 4.69) is 53.3 Å². The molecule has 0 radical (unpaired) electrons. The summed E-state index contributed by atoms with van der Waals surface area (Å²) in [4.78, 5) is 18.9. The van der Waals surface area contributed by atoms with Crippen molar-refractivity contribution in [3.05, 3.63) is 137 Å². The van der Waals surface area contributed by atoms with Crippen LogP contribution in [0.2, 0.25) is 0 Å². The molecule has 1 amide bonds. The third-order valence-electron chi connectivity index (χ3n) is 8.56. The van der Waals surface area contributed by atoms with Crippen molar-refractivity contribution in [1.82, 2.24) is 14.7 Å². The molecular weight excluding hydrogens is 487 g/mol. The number of aryl methyl sites for hydroxylation is 1. The molecule has 190 valence electrons. The molecule has 0 bridgehead atoms. The fourth-order valence-corrected chi connectivity index (χ4v) is 6.75. The molecule has 1 aromatic heterocycles. The van der Waals surface area contributed by atoms with Gasteiger partial charge in [-0.3, -0.25) is 4.79 Å². The number of piperidine rings is 1. The molecule has 2 aliphatic rings. The van der Waals surface area contributed by atoms with Crippen molar-refractivity contribution in [3.63, 3.8) is 0 Å². The molecule has 2 fully saturated rings. The first-order valence-electron chi connectivity index (χ1n) is 13.1. The highest BCUT2D eigenvalue weighted by Gasteiger charge is 2.70. The average molecular weight is 513 g/mol. The summed E-state index contributed by atoms with van der Waals surface area (Å²) >= 11 is 0. The zero-order valence-electron chi connectivity index (χ0n) is 21.4. The van der Waals surface area contributed by atoms with E-state index >= 15 is 0 Å². The van der Waals surface area contributed by atoms with Crippen LogP contribution in [0.25, 0.3) is 21.4 Å². The molecule has 1 saturated heterocycles. The zero-order chi connectivity index (χ0) is 26.7. The van der Waals surface area contributed by atoms with E-state index in [9.17, 15) is 9.18 Å². The Bertz CT molecular complexity index is 1770. The summed E-state index contributed by atoms with van der Waals surface area (Å²) in [6.45, 7) is 10.7. The Kier molecular flexibility index (Phi) is 5.18. The van der Waals surface area contributed by atoms with Gasteiger partial charge in [0.2, 0.25) is 0 Å². The number of carbonyl (C=O) groups excluding carboxylic acids is 1. The zero-order valence-corrected chi connectivity index (χ0v) is 21.4. The van der Waals surface area contributed by atoms with Gasteiger partial charge in [0.25, 0.3) is 5.91 Å². The number of amides is 1. The minimum Gasteiger partial charge on any atom is -0.337 e. The van der Waals surface area contributed by atoms with Gasteiger partial charge in [0, 0.05) is 35.4 Å². The Labute approximate surface area is 225 Å². The molecule has 1 aliphatic heterocycles. The molecule has 7 rings (SSSR count). The van der Waals surface area contributed by atoms with E-state index < -0.39 is 0 Å². The highest BCUT2D eigenvalue weighted by atomic mass is 19.1. The fourth-order valence-electron chi connectivity index (χ4n) is 6.75. The Morgan fingerprint density at radius 3 is 2.49 bits per heavy atom. The number of carbonyl (C=O) groups is 1. The Morgan fingerprint density at radius 1 is 1.03 bits per heavy atom. The Hall–Kier alpha value is -4.76. The van der Waals surface area contributed by atoms with Gasteiger partial charge in [-0.15, -0.1) is 0 Å². The highest BCUT2D eigenvalue weighted by Crippen LogP contribution is 2.69. The molecule has 5 aromatic rings. The third-order valence-corrected chi connectivity index (χ3v) is 8.56. The van der Waals surface area contributed by atoms with E-state index in [0.717, 1.165) is 22.2 Å². The molecule has 6 heteroatoms. The molecule has 0 N–H and O–H groups in total. The molecule has 5 nitrogen and oxygen atoms in total. The number of likely N-dealkylation sites (tertiary alicyclic amines) is 1. The van der Waals surface area contributed by atoms with E-state index in [4.69, 9.17) is 6.57 Å². The molecule has 1 saturated carbocycles. The lowest BCUT2D eigenvalue weighted by Gasteiger charge is -2.26. The number of benzene rings is 4. The summed E-state index contributed by atoms with van der Waals surface area (Å²) < 4.78 is 15.4. The highest BCUT2D eigenvalue weighted by molar-refractivity contribution is 5.95. The van der Waals surface area contributed by atoms with Crippen molar-refractivity contribution < 1.29 is 9.18 Å². The van der Waals surface area contributed by atoms with Gasteiger partial charge in [0.15, 0.2) is 5.69 Å². The number of nitrogens with zero attached hydrogens (tertiary/aromatic N) is 4. The predicted molar refractivity (Wildman–Crippen MR) is 149 cm³/mol. The summed E-state index contributed by atoms with van der Waals surface area (Å²) in [5.74, 6) is 0.375. The maximum atomic E-state index is 13.5. The first-order chi connectivity index (χ1) is 19.0. The van der Waals surface area contributed by atoms with Crippen LogP contribution in [0.4, 0.5) is 10.1 Å². The third kappa shape index (κ3) is 3.58. The molecule has 39 heavy (non-hydrogen) atoms. The second-order valence-corrected chi connectivity index (χ2v) is 10.6. The lowest BCUT2D eigenvalue weighted by atomic mass is 9.86. The first-order valence-corrected chi connectivity index (χ1v) is 13.1. The van der Waals surface area contributed by atoms with Gasteiger partial charge < -0.3 is 4.90 Å².